The van der Waals surface area contributed by atoms with E-state index in [1.165, 1.54) is 11.8 Å². The topological polar surface area (TPSA) is 72.6 Å². The SMILES string of the molecule is CCCCN1C(=O)C(=Cc2c(C)c(C#N)c(=O)n(CCC)c2N2CCN(CC)CC2)SC1=S. The second-order valence-electron chi connectivity index (χ2n) is 8.41. The number of unbranched alkanes of at least 4 members (excludes halogenated alkanes) is 1. The van der Waals surface area contributed by atoms with Crippen LogP contribution < -0.4 is 10.5 Å². The molecule has 0 saturated carbocycles. The minimum absolute atomic E-state index is 0.0913. The summed E-state index contributed by atoms with van der Waals surface area (Å²) in [6.45, 7) is 13.6. The highest BCUT2D eigenvalue weighted by Crippen LogP contribution is 2.36. The number of rotatable bonds is 8. The molecule has 1 aromatic heterocycles. The second kappa shape index (κ2) is 11.3. The number of carbonyl (C=O) groups excluding carboxylic acids is 1. The van der Waals surface area contributed by atoms with Crippen LogP contribution in [0.4, 0.5) is 5.82 Å². The molecule has 0 bridgehead atoms. The summed E-state index contributed by atoms with van der Waals surface area (Å²) in [7, 11) is 0. The van der Waals surface area contributed by atoms with E-state index in [1.807, 2.05) is 19.9 Å². The molecule has 1 aromatic rings. The molecule has 0 aliphatic carbocycles. The zero-order valence-electron chi connectivity index (χ0n) is 20.0. The van der Waals surface area contributed by atoms with Crippen molar-refractivity contribution in [2.75, 3.05) is 44.2 Å². The van der Waals surface area contributed by atoms with Gasteiger partial charge in [-0.1, -0.05) is 51.2 Å². The van der Waals surface area contributed by atoms with Crippen LogP contribution in [-0.4, -0.2) is 63.9 Å². The summed E-state index contributed by atoms with van der Waals surface area (Å²) in [6.07, 6.45) is 4.51. The lowest BCUT2D eigenvalue weighted by Gasteiger charge is -2.37. The van der Waals surface area contributed by atoms with Gasteiger partial charge < -0.3 is 9.80 Å². The van der Waals surface area contributed by atoms with Gasteiger partial charge in [-0.05, 0) is 37.9 Å². The van der Waals surface area contributed by atoms with Gasteiger partial charge in [0.05, 0.1) is 4.91 Å². The molecule has 2 aliphatic rings. The molecule has 2 aliphatic heterocycles. The number of piperazine rings is 1. The third kappa shape index (κ3) is 5.18. The third-order valence-corrected chi connectivity index (χ3v) is 7.67. The smallest absolute Gasteiger partial charge is 0.270 e. The molecule has 2 saturated heterocycles. The molecule has 33 heavy (non-hydrogen) atoms. The Labute approximate surface area is 206 Å². The molecule has 2 fully saturated rings. The third-order valence-electron chi connectivity index (χ3n) is 6.30. The van der Waals surface area contributed by atoms with E-state index < -0.39 is 0 Å². The number of nitriles is 1. The summed E-state index contributed by atoms with van der Waals surface area (Å²) >= 11 is 6.79. The molecule has 178 valence electrons. The number of anilines is 1. The number of hydrogen-bond acceptors (Lipinski definition) is 7. The van der Waals surface area contributed by atoms with E-state index in [-0.39, 0.29) is 17.0 Å². The standard InChI is InChI=1S/C24H33N5O2S2/c1-5-8-10-29-23(31)20(33-24(29)32)15-18-17(4)19(16-25)22(30)28(9-6-2)21(18)27-13-11-26(7-3)12-14-27/h15H,5-14H2,1-4H3. The Kier molecular flexibility index (Phi) is 8.74. The Balaban J connectivity index is 2.16. The number of amides is 1. The molecular weight excluding hydrogens is 454 g/mol. The maximum atomic E-state index is 13.3. The van der Waals surface area contributed by atoms with Crippen molar-refractivity contribution in [1.29, 1.82) is 5.26 Å². The molecule has 0 N–H and O–H groups in total. The molecule has 3 heterocycles. The number of thiocarbonyl (C=S) groups is 1. The molecule has 7 nitrogen and oxygen atoms in total. The molecule has 9 heteroatoms. The van der Waals surface area contributed by atoms with Crippen LogP contribution in [0.1, 0.15) is 56.7 Å². The van der Waals surface area contributed by atoms with E-state index in [9.17, 15) is 14.9 Å². The second-order valence-corrected chi connectivity index (χ2v) is 10.1. The lowest BCUT2D eigenvalue weighted by molar-refractivity contribution is -0.122. The van der Waals surface area contributed by atoms with Crippen LogP contribution in [0.3, 0.4) is 0 Å². The maximum Gasteiger partial charge on any atom is 0.270 e. The fourth-order valence-electron chi connectivity index (χ4n) is 4.33. The number of carbonyl (C=O) groups is 1. The van der Waals surface area contributed by atoms with Crippen LogP contribution in [0.5, 0.6) is 0 Å². The summed E-state index contributed by atoms with van der Waals surface area (Å²) in [4.78, 5) is 33.2. The number of nitrogens with zero attached hydrogens (tertiary/aromatic N) is 5. The predicted molar refractivity (Wildman–Crippen MR) is 140 cm³/mol. The lowest BCUT2D eigenvalue weighted by Crippen LogP contribution is -2.48. The van der Waals surface area contributed by atoms with Crippen LogP contribution in [0, 0.1) is 18.3 Å². The minimum atomic E-state index is -0.252. The highest BCUT2D eigenvalue weighted by Gasteiger charge is 2.33. The highest BCUT2D eigenvalue weighted by molar-refractivity contribution is 8.26. The summed E-state index contributed by atoms with van der Waals surface area (Å²) < 4.78 is 2.30. The first-order valence-electron chi connectivity index (χ1n) is 11.8. The molecule has 0 unspecified atom stereocenters. The first-order valence-corrected chi connectivity index (χ1v) is 13.0. The van der Waals surface area contributed by atoms with Crippen molar-refractivity contribution in [3.63, 3.8) is 0 Å². The first kappa shape index (κ1) is 25.5. The van der Waals surface area contributed by atoms with E-state index in [1.54, 1.807) is 9.47 Å². The number of thioether (sulfide) groups is 1. The van der Waals surface area contributed by atoms with E-state index in [4.69, 9.17) is 12.2 Å². The van der Waals surface area contributed by atoms with Crippen LogP contribution >= 0.6 is 24.0 Å². The van der Waals surface area contributed by atoms with Crippen molar-refractivity contribution in [3.8, 4) is 6.07 Å². The Morgan fingerprint density at radius 1 is 1.09 bits per heavy atom. The fraction of sp³-hybridized carbons (Fsp3) is 0.583. The van der Waals surface area contributed by atoms with Crippen molar-refractivity contribution in [2.45, 2.75) is 53.5 Å². The Morgan fingerprint density at radius 2 is 1.79 bits per heavy atom. The molecule has 1 amide bonds. The number of aromatic nitrogens is 1. The van der Waals surface area contributed by atoms with Gasteiger partial charge in [-0.25, -0.2) is 0 Å². The van der Waals surface area contributed by atoms with Crippen molar-refractivity contribution in [1.82, 2.24) is 14.4 Å². The maximum absolute atomic E-state index is 13.3. The lowest BCUT2D eigenvalue weighted by atomic mass is 10.0. The molecule has 0 aromatic carbocycles. The van der Waals surface area contributed by atoms with Gasteiger partial charge in [0.2, 0.25) is 0 Å². The quantitative estimate of drug-likeness (QED) is 0.410. The molecular formula is C24H33N5O2S2. The van der Waals surface area contributed by atoms with E-state index in [2.05, 4.69) is 29.7 Å². The van der Waals surface area contributed by atoms with Crippen LogP contribution in [-0.2, 0) is 11.3 Å². The van der Waals surface area contributed by atoms with Gasteiger partial charge in [-0.3, -0.25) is 19.1 Å². The molecule has 0 atom stereocenters. The van der Waals surface area contributed by atoms with Crippen molar-refractivity contribution >= 4 is 46.1 Å². The molecule has 3 rings (SSSR count). The average molecular weight is 488 g/mol. The largest absolute Gasteiger partial charge is 0.355 e. The van der Waals surface area contributed by atoms with Crippen molar-refractivity contribution in [2.24, 2.45) is 0 Å². The number of likely N-dealkylation sites (N-methyl/N-ethyl adjacent to an activating group) is 1. The van der Waals surface area contributed by atoms with Crippen LogP contribution in [0.25, 0.3) is 6.08 Å². The highest BCUT2D eigenvalue weighted by atomic mass is 32.2. The van der Waals surface area contributed by atoms with E-state index in [0.29, 0.717) is 27.9 Å². The van der Waals surface area contributed by atoms with Crippen molar-refractivity contribution < 1.29 is 4.79 Å². The number of pyridine rings is 1. The zero-order valence-corrected chi connectivity index (χ0v) is 21.7. The molecule has 0 radical (unpaired) electrons. The Morgan fingerprint density at radius 3 is 2.36 bits per heavy atom. The van der Waals surface area contributed by atoms with Crippen LogP contribution in [0.15, 0.2) is 9.70 Å². The zero-order chi connectivity index (χ0) is 24.1. The van der Waals surface area contributed by atoms with Gasteiger partial charge in [0.15, 0.2) is 0 Å². The minimum Gasteiger partial charge on any atom is -0.355 e. The first-order chi connectivity index (χ1) is 15.9. The number of hydrogen-bond donors (Lipinski definition) is 0. The Bertz CT molecular complexity index is 1050. The predicted octanol–water partition coefficient (Wildman–Crippen LogP) is 3.58. The van der Waals surface area contributed by atoms with Crippen LogP contribution in [0.2, 0.25) is 0 Å². The summed E-state index contributed by atoms with van der Waals surface area (Å²) in [5.74, 6) is 0.722. The Hall–Kier alpha value is -2.15. The summed E-state index contributed by atoms with van der Waals surface area (Å²) in [5, 5.41) is 9.77. The van der Waals surface area contributed by atoms with E-state index in [0.717, 1.165) is 63.4 Å². The van der Waals surface area contributed by atoms with Gasteiger partial charge in [0.25, 0.3) is 11.5 Å². The van der Waals surface area contributed by atoms with Gasteiger partial charge in [0, 0.05) is 44.8 Å². The van der Waals surface area contributed by atoms with E-state index >= 15 is 0 Å². The summed E-state index contributed by atoms with van der Waals surface area (Å²) in [5.41, 5.74) is 1.30. The fourth-order valence-corrected chi connectivity index (χ4v) is 5.62. The van der Waals surface area contributed by atoms with Gasteiger partial charge in [-0.15, -0.1) is 0 Å². The summed E-state index contributed by atoms with van der Waals surface area (Å²) in [6, 6.07) is 2.11. The normalized spacial score (nSPS) is 18.5. The van der Waals surface area contributed by atoms with Gasteiger partial charge in [0.1, 0.15) is 21.8 Å². The molecule has 0 spiro atoms. The van der Waals surface area contributed by atoms with Crippen molar-refractivity contribution in [3.05, 3.63) is 31.9 Å². The monoisotopic (exact) mass is 487 g/mol. The van der Waals surface area contributed by atoms with Gasteiger partial charge in [-0.2, -0.15) is 5.26 Å². The average Bonchev–Trinajstić information content (AvgIpc) is 3.08. The van der Waals surface area contributed by atoms with Gasteiger partial charge >= 0.3 is 0 Å².